The second-order valence-electron chi connectivity index (χ2n) is 16.6. The van der Waals surface area contributed by atoms with Crippen LogP contribution in [0.1, 0.15) is 22.3 Å². The number of pyridine rings is 1. The number of aryl methyl sites for hydroxylation is 5. The van der Waals surface area contributed by atoms with Gasteiger partial charge in [-0.1, -0.05) is 120 Å². The summed E-state index contributed by atoms with van der Waals surface area (Å²) < 4.78 is 10.8. The van der Waals surface area contributed by atoms with Crippen LogP contribution >= 0.6 is 0 Å². The number of fused-ring (bicyclic) bond motifs is 6. The molecule has 0 spiro atoms. The summed E-state index contributed by atoms with van der Waals surface area (Å²) >= 11 is 0. The largest absolute Gasteiger partial charge is 3.00 e. The summed E-state index contributed by atoms with van der Waals surface area (Å²) in [5.74, 6) is 1.77. The summed E-state index contributed by atoms with van der Waals surface area (Å²) in [6.07, 6.45) is 9.79. The van der Waals surface area contributed by atoms with Crippen LogP contribution in [0.2, 0.25) is 0 Å². The normalized spacial score (nSPS) is 11.2. The minimum Gasteiger partial charge on any atom is -0.500 e. The molecule has 0 unspecified atom stereocenters. The Morgan fingerprint density at radius 3 is 2.07 bits per heavy atom. The molecule has 8 aromatic carbocycles. The fraction of sp³-hybridized carbons (Fsp3) is 0.0833. The molecule has 0 atom stereocenters. The zero-order valence-electron chi connectivity index (χ0n) is 36.9. The quantitative estimate of drug-likeness (QED) is 0.128. The van der Waals surface area contributed by atoms with Gasteiger partial charge < -0.3 is 18.5 Å². The van der Waals surface area contributed by atoms with Crippen LogP contribution in [-0.2, 0) is 52.8 Å². The number of benzene rings is 8. The number of hydrogen-bond donors (Lipinski definition) is 0. The van der Waals surface area contributed by atoms with E-state index in [2.05, 4.69) is 148 Å². The van der Waals surface area contributed by atoms with E-state index in [9.17, 15) is 0 Å². The first-order chi connectivity index (χ1) is 32.6. The summed E-state index contributed by atoms with van der Waals surface area (Å²) in [6.45, 7) is 0. The molecule has 12 aromatic rings. The number of furan rings is 1. The molecule has 7 heteroatoms. The molecule has 67 heavy (non-hydrogen) atoms. The summed E-state index contributed by atoms with van der Waals surface area (Å²) in [6, 6.07) is 72.9. The van der Waals surface area contributed by atoms with Crippen molar-refractivity contribution in [3.05, 3.63) is 241 Å². The third-order valence-corrected chi connectivity index (χ3v) is 12.3. The summed E-state index contributed by atoms with van der Waals surface area (Å²) in [4.78, 5) is 14.0. The molecule has 0 amide bonds. The van der Waals surface area contributed by atoms with E-state index in [0.717, 1.165) is 104 Å². The van der Waals surface area contributed by atoms with Crippen molar-refractivity contribution in [2.45, 2.75) is 25.7 Å². The molecule has 0 saturated heterocycles. The molecule has 6 nitrogen and oxygen atoms in total. The van der Waals surface area contributed by atoms with E-state index in [1.54, 1.807) is 0 Å². The van der Waals surface area contributed by atoms with Crippen molar-refractivity contribution in [1.82, 2.24) is 24.1 Å². The maximum absolute atomic E-state index is 6.55. The Bertz CT molecular complexity index is 3590. The van der Waals surface area contributed by atoms with Gasteiger partial charge in [0.1, 0.15) is 5.58 Å². The predicted molar refractivity (Wildman–Crippen MR) is 267 cm³/mol. The van der Waals surface area contributed by atoms with Crippen LogP contribution in [0.5, 0.6) is 0 Å². The Balaban J connectivity index is 0.000000155. The number of hydrogen-bond acceptors (Lipinski definition) is 4. The molecule has 4 heterocycles. The van der Waals surface area contributed by atoms with Gasteiger partial charge in [0.2, 0.25) is 0 Å². The van der Waals surface area contributed by atoms with Gasteiger partial charge in [0.05, 0.1) is 28.3 Å². The molecular formula is C60H44IrN5O. The SMILES string of the molecule is Cn1ccnc1-c1[c-]cc(CCc2cccc(CCc3ccc(-c4[c-]cccc4)nc3)c2)cc1.[Ir+3].[c-]1ccc2c(oc3c4ccccc4ccc23)c1-c1nc2ccccc2n1-c1ccccc1. The fourth-order valence-corrected chi connectivity index (χ4v) is 8.85. The molecule has 0 fully saturated rings. The second-order valence-corrected chi connectivity index (χ2v) is 16.6. The van der Waals surface area contributed by atoms with Crippen molar-refractivity contribution < 1.29 is 24.5 Å². The molecule has 324 valence electrons. The van der Waals surface area contributed by atoms with Gasteiger partial charge in [0, 0.05) is 42.1 Å². The van der Waals surface area contributed by atoms with Crippen molar-refractivity contribution >= 4 is 43.7 Å². The van der Waals surface area contributed by atoms with E-state index < -0.39 is 0 Å². The van der Waals surface area contributed by atoms with Crippen LogP contribution in [0.15, 0.2) is 205 Å². The third kappa shape index (κ3) is 9.00. The molecule has 0 aliphatic heterocycles. The first-order valence-electron chi connectivity index (χ1n) is 22.4. The van der Waals surface area contributed by atoms with Crippen molar-refractivity contribution in [2.75, 3.05) is 0 Å². The van der Waals surface area contributed by atoms with Crippen molar-refractivity contribution in [3.63, 3.8) is 0 Å². The summed E-state index contributed by atoms with van der Waals surface area (Å²) in [5.41, 5.74) is 14.0. The van der Waals surface area contributed by atoms with Crippen LogP contribution in [0.3, 0.4) is 0 Å². The fourth-order valence-electron chi connectivity index (χ4n) is 8.85. The van der Waals surface area contributed by atoms with Gasteiger partial charge >= 0.3 is 20.1 Å². The van der Waals surface area contributed by atoms with Gasteiger partial charge in [-0.2, -0.15) is 0 Å². The standard InChI is InChI=1S/C31H27N3.C29H17N2O.Ir/c1-34-21-20-32-31(34)29-17-14-24(15-18-29)10-11-25-6-5-7-26(22-25)12-13-27-16-19-30(33-23-27)28-8-3-2-4-9-28;1-2-10-20(11-3-1)31-26-16-7-6-15-25(26)30-29(31)24-14-8-13-22-23-18-17-19-9-4-5-12-21(19)27(23)32-28(22)24;/h2-8,14-17,19-23H,10-13H2,1H3;1-13,15-18H;/q-2;-1;+3. The average Bonchev–Trinajstić information content (AvgIpc) is 4.11. The van der Waals surface area contributed by atoms with Gasteiger partial charge in [-0.25, -0.2) is 0 Å². The number of rotatable bonds is 10. The zero-order valence-corrected chi connectivity index (χ0v) is 39.3. The molecule has 0 bridgehead atoms. The molecule has 0 saturated carbocycles. The molecule has 0 N–H and O–H groups in total. The van der Waals surface area contributed by atoms with Crippen LogP contribution in [0.4, 0.5) is 0 Å². The summed E-state index contributed by atoms with van der Waals surface area (Å²) in [7, 11) is 2.01. The Hall–Kier alpha value is -7.70. The van der Waals surface area contributed by atoms with Gasteiger partial charge in [-0.3, -0.25) is 9.97 Å². The van der Waals surface area contributed by atoms with Crippen molar-refractivity contribution in [2.24, 2.45) is 7.05 Å². The molecule has 4 aromatic heterocycles. The van der Waals surface area contributed by atoms with Crippen LogP contribution in [0.25, 0.3) is 83.5 Å². The predicted octanol–water partition coefficient (Wildman–Crippen LogP) is 13.9. The zero-order chi connectivity index (χ0) is 44.2. The summed E-state index contributed by atoms with van der Waals surface area (Å²) in [5, 5.41) is 4.47. The van der Waals surface area contributed by atoms with Crippen LogP contribution in [-0.4, -0.2) is 24.1 Å². The minimum absolute atomic E-state index is 0. The Morgan fingerprint density at radius 1 is 0.537 bits per heavy atom. The molecule has 0 aliphatic rings. The molecule has 0 radical (unpaired) electrons. The Morgan fingerprint density at radius 2 is 1.30 bits per heavy atom. The van der Waals surface area contributed by atoms with E-state index in [4.69, 9.17) is 9.40 Å². The molecule has 0 aliphatic carbocycles. The number of para-hydroxylation sites is 3. The van der Waals surface area contributed by atoms with Crippen LogP contribution in [0, 0.1) is 18.2 Å². The first kappa shape index (κ1) is 43.2. The Kier molecular flexibility index (Phi) is 12.5. The van der Waals surface area contributed by atoms with Crippen molar-refractivity contribution in [1.29, 1.82) is 0 Å². The number of imidazole rings is 2. The second kappa shape index (κ2) is 19.4. The monoisotopic (exact) mass is 1040 g/mol. The van der Waals surface area contributed by atoms with Gasteiger partial charge in [0.25, 0.3) is 0 Å². The van der Waals surface area contributed by atoms with E-state index in [1.807, 2.05) is 96.9 Å². The van der Waals surface area contributed by atoms with E-state index in [0.29, 0.717) is 0 Å². The third-order valence-electron chi connectivity index (χ3n) is 12.3. The number of aromatic nitrogens is 5. The maximum atomic E-state index is 6.55. The maximum Gasteiger partial charge on any atom is 3.00 e. The topological polar surface area (TPSA) is 61.7 Å². The van der Waals surface area contributed by atoms with E-state index in [-0.39, 0.29) is 20.1 Å². The average molecular weight is 1040 g/mol. The minimum atomic E-state index is 0. The van der Waals surface area contributed by atoms with Gasteiger partial charge in [-0.05, 0) is 71.3 Å². The Labute approximate surface area is 403 Å². The van der Waals surface area contributed by atoms with Crippen molar-refractivity contribution in [3.8, 4) is 39.7 Å². The van der Waals surface area contributed by atoms with Crippen LogP contribution < -0.4 is 0 Å². The number of nitrogens with zero attached hydrogens (tertiary/aromatic N) is 5. The van der Waals surface area contributed by atoms with Gasteiger partial charge in [-0.15, -0.1) is 89.5 Å². The molecular weight excluding hydrogens is 999 g/mol. The first-order valence-corrected chi connectivity index (χ1v) is 22.4. The van der Waals surface area contributed by atoms with E-state index >= 15 is 0 Å². The smallest absolute Gasteiger partial charge is 0.500 e. The molecule has 12 rings (SSSR count). The van der Waals surface area contributed by atoms with Gasteiger partial charge in [0.15, 0.2) is 0 Å². The van der Waals surface area contributed by atoms with E-state index in [1.165, 1.54) is 27.6 Å².